The lowest BCUT2D eigenvalue weighted by molar-refractivity contribution is 0.687. The van der Waals surface area contributed by atoms with Crippen LogP contribution in [0.4, 0.5) is 5.69 Å². The summed E-state index contributed by atoms with van der Waals surface area (Å²) in [4.78, 5) is 0.595. The van der Waals surface area contributed by atoms with Crippen molar-refractivity contribution in [3.05, 3.63) is 23.2 Å². The summed E-state index contributed by atoms with van der Waals surface area (Å²) in [6.07, 6.45) is 1.57. The van der Waals surface area contributed by atoms with Crippen molar-refractivity contribution in [2.75, 3.05) is 12.0 Å². The van der Waals surface area contributed by atoms with Gasteiger partial charge in [0.05, 0.1) is 15.7 Å². The second kappa shape index (κ2) is 3.24. The van der Waals surface area contributed by atoms with E-state index in [0.717, 1.165) is 0 Å². The van der Waals surface area contributed by atoms with Crippen LogP contribution >= 0.6 is 11.6 Å². The number of rotatable bonds is 1. The molecule has 0 heterocycles. The fourth-order valence-corrected chi connectivity index (χ4v) is 1.69. The van der Waals surface area contributed by atoms with E-state index in [1.807, 2.05) is 0 Å². The van der Waals surface area contributed by atoms with Crippen LogP contribution in [0.2, 0.25) is 5.02 Å². The molecule has 0 aliphatic heterocycles. The first-order valence-electron chi connectivity index (χ1n) is 2.99. The van der Waals surface area contributed by atoms with E-state index in [4.69, 9.17) is 17.3 Å². The van der Waals surface area contributed by atoms with Crippen LogP contribution in [0, 0.1) is 0 Å². The van der Waals surface area contributed by atoms with E-state index in [9.17, 15) is 4.21 Å². The van der Waals surface area contributed by atoms with Gasteiger partial charge in [-0.05, 0) is 18.2 Å². The highest BCUT2D eigenvalue weighted by Crippen LogP contribution is 2.20. The molecule has 0 radical (unpaired) electrons. The van der Waals surface area contributed by atoms with Crippen LogP contribution in [0.1, 0.15) is 0 Å². The van der Waals surface area contributed by atoms with E-state index < -0.39 is 10.8 Å². The molecule has 11 heavy (non-hydrogen) atoms. The summed E-state index contributed by atoms with van der Waals surface area (Å²) in [7, 11) is -1.06. The van der Waals surface area contributed by atoms with Crippen LogP contribution in [-0.2, 0) is 10.8 Å². The Morgan fingerprint density at radius 3 is 2.64 bits per heavy atom. The van der Waals surface area contributed by atoms with Crippen LogP contribution in [-0.4, -0.2) is 10.5 Å². The summed E-state index contributed by atoms with van der Waals surface area (Å²) in [5.41, 5.74) is 6.06. The Morgan fingerprint density at radius 2 is 2.18 bits per heavy atom. The van der Waals surface area contributed by atoms with Crippen molar-refractivity contribution in [2.24, 2.45) is 0 Å². The van der Waals surface area contributed by atoms with Crippen molar-refractivity contribution in [1.29, 1.82) is 0 Å². The molecule has 0 aliphatic rings. The quantitative estimate of drug-likeness (QED) is 0.683. The van der Waals surface area contributed by atoms with E-state index in [2.05, 4.69) is 0 Å². The van der Waals surface area contributed by atoms with Crippen molar-refractivity contribution in [3.63, 3.8) is 0 Å². The summed E-state index contributed by atoms with van der Waals surface area (Å²) in [5.74, 6) is 0. The highest BCUT2D eigenvalue weighted by atomic mass is 35.5. The molecule has 0 saturated carbocycles. The fraction of sp³-hybridized carbons (Fsp3) is 0.143. The summed E-state index contributed by atoms with van der Waals surface area (Å²) in [5, 5.41) is 0.560. The largest absolute Gasteiger partial charge is 0.398 e. The Labute approximate surface area is 72.8 Å². The second-order valence-corrected chi connectivity index (χ2v) is 3.92. The molecular formula is C7H8ClNOS. The highest BCUT2D eigenvalue weighted by molar-refractivity contribution is 7.84. The van der Waals surface area contributed by atoms with E-state index in [1.165, 1.54) is 0 Å². The minimum atomic E-state index is -1.06. The standard InChI is InChI=1S/C7H8ClNOS/c1-11(10)7-4-5(8)2-3-6(7)9/h2-4H,9H2,1H3. The molecule has 1 unspecified atom stereocenters. The Bertz CT molecular complexity index is 300. The van der Waals surface area contributed by atoms with Gasteiger partial charge in [0.2, 0.25) is 0 Å². The molecule has 0 aliphatic carbocycles. The van der Waals surface area contributed by atoms with Crippen molar-refractivity contribution < 1.29 is 4.21 Å². The molecule has 1 aromatic rings. The maximum Gasteiger partial charge on any atom is 0.0629 e. The molecule has 0 bridgehead atoms. The Kier molecular flexibility index (Phi) is 2.52. The average Bonchev–Trinajstić information content (AvgIpc) is 1.94. The van der Waals surface area contributed by atoms with E-state index >= 15 is 0 Å². The normalized spacial score (nSPS) is 12.9. The number of halogens is 1. The van der Waals surface area contributed by atoms with Crippen molar-refractivity contribution >= 4 is 28.1 Å². The molecule has 0 fully saturated rings. The number of nitrogens with two attached hydrogens (primary N) is 1. The zero-order valence-corrected chi connectivity index (χ0v) is 7.58. The van der Waals surface area contributed by atoms with E-state index in [1.54, 1.807) is 24.5 Å². The topological polar surface area (TPSA) is 43.1 Å². The first-order valence-corrected chi connectivity index (χ1v) is 4.93. The summed E-state index contributed by atoms with van der Waals surface area (Å²) in [6, 6.07) is 4.94. The van der Waals surface area contributed by atoms with Crippen molar-refractivity contribution in [1.82, 2.24) is 0 Å². The average molecular weight is 190 g/mol. The minimum Gasteiger partial charge on any atom is -0.398 e. The van der Waals surface area contributed by atoms with Gasteiger partial charge in [0.15, 0.2) is 0 Å². The van der Waals surface area contributed by atoms with E-state index in [0.29, 0.717) is 15.6 Å². The Morgan fingerprint density at radius 1 is 1.55 bits per heavy atom. The zero-order valence-electron chi connectivity index (χ0n) is 6.00. The lowest BCUT2D eigenvalue weighted by Gasteiger charge is -2.00. The highest BCUT2D eigenvalue weighted by Gasteiger charge is 2.02. The van der Waals surface area contributed by atoms with Crippen LogP contribution in [0.3, 0.4) is 0 Å². The van der Waals surface area contributed by atoms with Gasteiger partial charge in [-0.2, -0.15) is 0 Å². The number of nitrogen functional groups attached to an aromatic ring is 1. The monoisotopic (exact) mass is 189 g/mol. The third-order valence-corrected chi connectivity index (χ3v) is 2.49. The molecule has 1 rings (SSSR count). The first-order chi connectivity index (χ1) is 5.11. The number of benzene rings is 1. The molecule has 0 spiro atoms. The van der Waals surface area contributed by atoms with Gasteiger partial charge in [0.1, 0.15) is 0 Å². The molecule has 1 aromatic carbocycles. The molecule has 60 valence electrons. The zero-order chi connectivity index (χ0) is 8.43. The summed E-state index contributed by atoms with van der Waals surface area (Å²) in [6.45, 7) is 0. The van der Waals surface area contributed by atoms with Gasteiger partial charge < -0.3 is 5.73 Å². The predicted octanol–water partition coefficient (Wildman–Crippen LogP) is 1.66. The van der Waals surface area contributed by atoms with Crippen LogP contribution in [0.5, 0.6) is 0 Å². The van der Waals surface area contributed by atoms with Gasteiger partial charge in [0, 0.05) is 17.0 Å². The van der Waals surface area contributed by atoms with Crippen LogP contribution < -0.4 is 5.73 Å². The number of hydrogen-bond acceptors (Lipinski definition) is 2. The van der Waals surface area contributed by atoms with Gasteiger partial charge in [-0.3, -0.25) is 4.21 Å². The number of hydrogen-bond donors (Lipinski definition) is 1. The lowest BCUT2D eigenvalue weighted by Crippen LogP contribution is -1.95. The molecule has 0 aromatic heterocycles. The molecule has 0 amide bonds. The molecule has 1 atom stereocenters. The van der Waals surface area contributed by atoms with Crippen LogP contribution in [0.15, 0.2) is 23.1 Å². The molecule has 4 heteroatoms. The maximum absolute atomic E-state index is 11.0. The summed E-state index contributed by atoms with van der Waals surface area (Å²) < 4.78 is 11.0. The Hall–Kier alpha value is -0.540. The molecule has 2 N–H and O–H groups in total. The van der Waals surface area contributed by atoms with Crippen molar-refractivity contribution in [2.45, 2.75) is 4.90 Å². The number of anilines is 1. The van der Waals surface area contributed by atoms with Gasteiger partial charge in [0.25, 0.3) is 0 Å². The molecule has 0 saturated heterocycles. The smallest absolute Gasteiger partial charge is 0.0629 e. The maximum atomic E-state index is 11.0. The van der Waals surface area contributed by atoms with Crippen molar-refractivity contribution in [3.8, 4) is 0 Å². The lowest BCUT2D eigenvalue weighted by atomic mass is 10.3. The van der Waals surface area contributed by atoms with E-state index in [-0.39, 0.29) is 0 Å². The van der Waals surface area contributed by atoms with Gasteiger partial charge in [-0.1, -0.05) is 11.6 Å². The third kappa shape index (κ3) is 1.94. The predicted molar refractivity (Wildman–Crippen MR) is 48.2 cm³/mol. The molecule has 2 nitrogen and oxygen atoms in total. The second-order valence-electron chi connectivity index (χ2n) is 2.14. The fourth-order valence-electron chi connectivity index (χ4n) is 0.757. The Balaban J connectivity index is 3.23. The van der Waals surface area contributed by atoms with Crippen LogP contribution in [0.25, 0.3) is 0 Å². The molecular weight excluding hydrogens is 182 g/mol. The first kappa shape index (κ1) is 8.56. The van der Waals surface area contributed by atoms with Gasteiger partial charge in [-0.15, -0.1) is 0 Å². The summed E-state index contributed by atoms with van der Waals surface area (Å²) >= 11 is 5.67. The van der Waals surface area contributed by atoms with Gasteiger partial charge in [-0.25, -0.2) is 0 Å². The minimum absolute atomic E-state index is 0.523. The SMILES string of the molecule is CS(=O)c1cc(Cl)ccc1N. The third-order valence-electron chi connectivity index (χ3n) is 1.29. The van der Waals surface area contributed by atoms with Gasteiger partial charge >= 0.3 is 0 Å².